The van der Waals surface area contributed by atoms with E-state index in [0.29, 0.717) is 27.9 Å². The Morgan fingerprint density at radius 2 is 1.90 bits per heavy atom. The van der Waals surface area contributed by atoms with Gasteiger partial charge < -0.3 is 14.8 Å². The SMILES string of the molecule is CC(=O)c1cc2c(cc1NC(=O)CSc1nnnn1-c1ccc(C)c(C)c1)OCO2. The smallest absolute Gasteiger partial charge is 0.234 e. The van der Waals surface area contributed by atoms with Crippen LogP contribution in [0.3, 0.4) is 0 Å². The normalized spacial score (nSPS) is 12.1. The molecule has 0 radical (unpaired) electrons. The molecule has 2 aromatic carbocycles. The molecule has 0 bridgehead atoms. The largest absolute Gasteiger partial charge is 0.454 e. The molecule has 10 heteroatoms. The van der Waals surface area contributed by atoms with Crippen LogP contribution in [-0.4, -0.2) is 44.4 Å². The summed E-state index contributed by atoms with van der Waals surface area (Å²) in [4.78, 5) is 24.5. The quantitative estimate of drug-likeness (QED) is 0.474. The molecule has 0 saturated heterocycles. The molecule has 9 nitrogen and oxygen atoms in total. The highest BCUT2D eigenvalue weighted by Crippen LogP contribution is 2.37. The molecule has 2 heterocycles. The van der Waals surface area contributed by atoms with Crippen LogP contribution in [-0.2, 0) is 4.79 Å². The Hall–Kier alpha value is -3.40. The van der Waals surface area contributed by atoms with Gasteiger partial charge in [0.15, 0.2) is 17.3 Å². The minimum atomic E-state index is -0.295. The van der Waals surface area contributed by atoms with Gasteiger partial charge in [0, 0.05) is 11.6 Å². The summed E-state index contributed by atoms with van der Waals surface area (Å²) >= 11 is 1.20. The molecule has 1 aromatic heterocycles. The lowest BCUT2D eigenvalue weighted by Gasteiger charge is -2.11. The number of carbonyl (C=O) groups is 2. The lowest BCUT2D eigenvalue weighted by Crippen LogP contribution is -2.16. The van der Waals surface area contributed by atoms with E-state index in [4.69, 9.17) is 9.47 Å². The van der Waals surface area contributed by atoms with Crippen molar-refractivity contribution in [2.45, 2.75) is 25.9 Å². The monoisotopic (exact) mass is 425 g/mol. The number of hydrogen-bond donors (Lipinski definition) is 1. The molecule has 0 spiro atoms. The minimum absolute atomic E-state index is 0.0665. The predicted molar refractivity (Wildman–Crippen MR) is 111 cm³/mol. The lowest BCUT2D eigenvalue weighted by molar-refractivity contribution is -0.113. The zero-order chi connectivity index (χ0) is 21.3. The summed E-state index contributed by atoms with van der Waals surface area (Å²) in [5, 5.41) is 15.0. The van der Waals surface area contributed by atoms with E-state index in [-0.39, 0.29) is 24.2 Å². The van der Waals surface area contributed by atoms with Crippen LogP contribution in [0.4, 0.5) is 5.69 Å². The number of Topliss-reactive ketones (excluding diaryl/α,β-unsaturated/α-hetero) is 1. The topological polar surface area (TPSA) is 108 Å². The second-order valence-electron chi connectivity index (χ2n) is 6.79. The first-order valence-corrected chi connectivity index (χ1v) is 10.1. The van der Waals surface area contributed by atoms with Gasteiger partial charge in [0.25, 0.3) is 0 Å². The third kappa shape index (κ3) is 3.99. The highest BCUT2D eigenvalue weighted by Gasteiger charge is 2.21. The highest BCUT2D eigenvalue weighted by atomic mass is 32.2. The summed E-state index contributed by atoms with van der Waals surface area (Å²) in [5.41, 5.74) is 3.85. The van der Waals surface area contributed by atoms with Crippen LogP contribution in [0.2, 0.25) is 0 Å². The van der Waals surface area contributed by atoms with Gasteiger partial charge in [-0.15, -0.1) is 5.10 Å². The molecule has 0 saturated carbocycles. The summed E-state index contributed by atoms with van der Waals surface area (Å²) in [7, 11) is 0. The summed E-state index contributed by atoms with van der Waals surface area (Å²) < 4.78 is 12.2. The zero-order valence-electron chi connectivity index (χ0n) is 16.6. The van der Waals surface area contributed by atoms with Crippen molar-refractivity contribution in [3.05, 3.63) is 47.0 Å². The molecule has 0 aliphatic carbocycles. The van der Waals surface area contributed by atoms with Crippen molar-refractivity contribution in [1.29, 1.82) is 0 Å². The summed E-state index contributed by atoms with van der Waals surface area (Å²) in [5.74, 6) is 0.560. The number of tetrazole rings is 1. The van der Waals surface area contributed by atoms with E-state index in [0.717, 1.165) is 11.3 Å². The molecule has 0 atom stereocenters. The second-order valence-corrected chi connectivity index (χ2v) is 7.73. The first-order chi connectivity index (χ1) is 14.4. The van der Waals surface area contributed by atoms with E-state index >= 15 is 0 Å². The van der Waals surface area contributed by atoms with Crippen LogP contribution in [0, 0.1) is 13.8 Å². The molecular weight excluding hydrogens is 406 g/mol. The number of hydrogen-bond acceptors (Lipinski definition) is 8. The fraction of sp³-hybridized carbons (Fsp3) is 0.250. The standard InChI is InChI=1S/C20H19N5O4S/c1-11-4-5-14(6-12(11)2)25-20(22-23-24-25)30-9-19(27)21-16-8-18-17(28-10-29-18)7-15(16)13(3)26/h4-8H,9-10H2,1-3H3,(H,21,27). The second kappa shape index (κ2) is 8.15. The average molecular weight is 425 g/mol. The van der Waals surface area contributed by atoms with Crippen molar-refractivity contribution in [2.75, 3.05) is 17.9 Å². The van der Waals surface area contributed by atoms with Gasteiger partial charge >= 0.3 is 0 Å². The first kappa shape index (κ1) is 19.9. The summed E-state index contributed by atoms with van der Waals surface area (Å²) in [6.45, 7) is 5.56. The Kier molecular flexibility index (Phi) is 5.40. The molecule has 1 N–H and O–H groups in total. The van der Waals surface area contributed by atoms with E-state index < -0.39 is 0 Å². The molecular formula is C20H19N5O4S. The maximum atomic E-state index is 12.5. The number of ketones is 1. The number of carbonyl (C=O) groups excluding carboxylic acids is 2. The molecule has 0 fully saturated rings. The molecule has 154 valence electrons. The fourth-order valence-corrected chi connectivity index (χ4v) is 3.63. The van der Waals surface area contributed by atoms with Crippen molar-refractivity contribution in [3.63, 3.8) is 0 Å². The van der Waals surface area contributed by atoms with Gasteiger partial charge in [-0.2, -0.15) is 4.68 Å². The number of aromatic nitrogens is 4. The van der Waals surface area contributed by atoms with Crippen LogP contribution in [0.5, 0.6) is 11.5 Å². The number of ether oxygens (including phenoxy) is 2. The molecule has 0 unspecified atom stereocenters. The van der Waals surface area contributed by atoms with Crippen LogP contribution in [0.25, 0.3) is 5.69 Å². The van der Waals surface area contributed by atoms with E-state index in [1.807, 2.05) is 32.0 Å². The Balaban J connectivity index is 1.47. The number of thioether (sulfide) groups is 1. The first-order valence-electron chi connectivity index (χ1n) is 9.15. The van der Waals surface area contributed by atoms with Gasteiger partial charge in [-0.1, -0.05) is 17.8 Å². The number of nitrogens with zero attached hydrogens (tertiary/aromatic N) is 4. The Labute approximate surface area is 176 Å². The molecule has 1 aliphatic rings. The Bertz CT molecular complexity index is 1140. The Morgan fingerprint density at radius 1 is 1.13 bits per heavy atom. The van der Waals surface area contributed by atoms with Crippen molar-refractivity contribution in [1.82, 2.24) is 20.2 Å². The average Bonchev–Trinajstić information content (AvgIpc) is 3.36. The van der Waals surface area contributed by atoms with Gasteiger partial charge in [-0.05, 0) is 60.5 Å². The molecule has 1 amide bonds. The van der Waals surface area contributed by atoms with E-state index in [1.165, 1.54) is 24.2 Å². The Morgan fingerprint density at radius 3 is 2.63 bits per heavy atom. The number of benzene rings is 2. The third-order valence-corrected chi connectivity index (χ3v) is 5.59. The van der Waals surface area contributed by atoms with Gasteiger partial charge in [0.05, 0.1) is 17.1 Å². The fourth-order valence-electron chi connectivity index (χ4n) is 2.94. The molecule has 3 aromatic rings. The van der Waals surface area contributed by atoms with Crippen LogP contribution in [0.1, 0.15) is 28.4 Å². The van der Waals surface area contributed by atoms with Crippen LogP contribution in [0.15, 0.2) is 35.5 Å². The van der Waals surface area contributed by atoms with Crippen LogP contribution < -0.4 is 14.8 Å². The maximum absolute atomic E-state index is 12.5. The van der Waals surface area contributed by atoms with Crippen LogP contribution >= 0.6 is 11.8 Å². The van der Waals surface area contributed by atoms with E-state index in [9.17, 15) is 9.59 Å². The number of amides is 1. The third-order valence-electron chi connectivity index (χ3n) is 4.67. The van der Waals surface area contributed by atoms with E-state index in [1.54, 1.807) is 16.8 Å². The maximum Gasteiger partial charge on any atom is 0.234 e. The number of nitrogens with one attached hydrogen (secondary N) is 1. The van der Waals surface area contributed by atoms with Crippen molar-refractivity contribution >= 4 is 29.1 Å². The molecule has 4 rings (SSSR count). The molecule has 1 aliphatic heterocycles. The van der Waals surface area contributed by atoms with Crippen molar-refractivity contribution in [2.24, 2.45) is 0 Å². The summed E-state index contributed by atoms with van der Waals surface area (Å²) in [6, 6.07) is 9.08. The highest BCUT2D eigenvalue weighted by molar-refractivity contribution is 7.99. The van der Waals surface area contributed by atoms with Gasteiger partial charge in [0.2, 0.25) is 17.9 Å². The van der Waals surface area contributed by atoms with Gasteiger partial charge in [0.1, 0.15) is 0 Å². The predicted octanol–water partition coefficient (Wildman–Crippen LogP) is 2.94. The van der Waals surface area contributed by atoms with Crippen molar-refractivity contribution < 1.29 is 19.1 Å². The number of aryl methyl sites for hydroxylation is 2. The van der Waals surface area contributed by atoms with Gasteiger partial charge in [-0.3, -0.25) is 9.59 Å². The number of rotatable bonds is 6. The summed E-state index contributed by atoms with van der Waals surface area (Å²) in [6.07, 6.45) is 0. The number of anilines is 1. The van der Waals surface area contributed by atoms with Crippen molar-refractivity contribution in [3.8, 4) is 17.2 Å². The minimum Gasteiger partial charge on any atom is -0.454 e. The van der Waals surface area contributed by atoms with Gasteiger partial charge in [-0.25, -0.2) is 0 Å². The molecule has 30 heavy (non-hydrogen) atoms. The van der Waals surface area contributed by atoms with E-state index in [2.05, 4.69) is 20.8 Å². The number of fused-ring (bicyclic) bond motifs is 1. The lowest BCUT2D eigenvalue weighted by atomic mass is 10.1. The zero-order valence-corrected chi connectivity index (χ0v) is 17.4.